The van der Waals surface area contributed by atoms with E-state index in [0.717, 1.165) is 22.5 Å². The Kier molecular flexibility index (Phi) is 5.87. The average molecular weight is 519 g/mol. The third-order valence-electron chi connectivity index (χ3n) is 7.48. The summed E-state index contributed by atoms with van der Waals surface area (Å²) in [6.07, 6.45) is 3.92. The Morgan fingerprint density at radius 1 is 0.487 bits per heavy atom. The van der Waals surface area contributed by atoms with Crippen LogP contribution >= 0.6 is 11.8 Å². The van der Waals surface area contributed by atoms with Gasteiger partial charge in [0.15, 0.2) is 5.82 Å². The predicted octanol–water partition coefficient (Wildman–Crippen LogP) is 10.0. The molecule has 0 saturated carbocycles. The Morgan fingerprint density at radius 2 is 1.05 bits per heavy atom. The molecule has 0 amide bonds. The van der Waals surface area contributed by atoms with Crippen LogP contribution in [0.15, 0.2) is 131 Å². The molecule has 0 spiro atoms. The first-order valence-electron chi connectivity index (χ1n) is 13.2. The molecule has 3 heteroatoms. The highest BCUT2D eigenvalue weighted by atomic mass is 32.2. The summed E-state index contributed by atoms with van der Waals surface area (Å²) in [5.41, 5.74) is 5.73. The molecule has 0 bridgehead atoms. The highest BCUT2D eigenvalue weighted by Gasteiger charge is 2.14. The van der Waals surface area contributed by atoms with Crippen molar-refractivity contribution in [1.82, 2.24) is 9.97 Å². The van der Waals surface area contributed by atoms with Crippen LogP contribution in [-0.4, -0.2) is 9.97 Å². The summed E-state index contributed by atoms with van der Waals surface area (Å²) in [6.45, 7) is 4.33. The molecule has 0 saturated heterocycles. The van der Waals surface area contributed by atoms with E-state index in [4.69, 9.17) is 9.97 Å². The monoisotopic (exact) mass is 518 g/mol. The molecule has 0 atom stereocenters. The topological polar surface area (TPSA) is 25.8 Å². The third kappa shape index (κ3) is 4.16. The van der Waals surface area contributed by atoms with E-state index in [1.807, 2.05) is 24.2 Å². The molecule has 0 radical (unpaired) electrons. The molecule has 186 valence electrons. The molecule has 0 unspecified atom stereocenters. The van der Waals surface area contributed by atoms with Gasteiger partial charge < -0.3 is 0 Å². The normalized spacial score (nSPS) is 11.4. The minimum atomic E-state index is 0.735. The SMILES string of the molecule is Cc1ccccc1Sc1c(C)cccc1-c1cnc(-c2ccc3c4ccccc4c4ccccc4c3c2)nc1. The lowest BCUT2D eigenvalue weighted by Gasteiger charge is -2.14. The summed E-state index contributed by atoms with van der Waals surface area (Å²) in [7, 11) is 0. The van der Waals surface area contributed by atoms with Crippen molar-refractivity contribution in [2.24, 2.45) is 0 Å². The number of aryl methyl sites for hydroxylation is 2. The molecule has 7 aromatic rings. The van der Waals surface area contributed by atoms with Crippen LogP contribution < -0.4 is 0 Å². The second-order valence-electron chi connectivity index (χ2n) is 9.97. The van der Waals surface area contributed by atoms with E-state index in [2.05, 4.69) is 123 Å². The van der Waals surface area contributed by atoms with Gasteiger partial charge in [0.2, 0.25) is 0 Å². The van der Waals surface area contributed by atoms with Crippen molar-refractivity contribution in [3.05, 3.63) is 133 Å². The first-order valence-corrected chi connectivity index (χ1v) is 14.0. The largest absolute Gasteiger partial charge is 0.236 e. The number of rotatable bonds is 4. The highest BCUT2D eigenvalue weighted by molar-refractivity contribution is 7.99. The standard InChI is InChI=1S/C36H26N2S/c1-23-10-3-8-17-34(23)39-35-24(2)11-9-16-27(35)26-21-37-36(38-22-26)25-18-19-32-30-14-5-4-12-28(30)29-13-6-7-15-31(29)33(32)20-25/h3-22H,1-2H3. The summed E-state index contributed by atoms with van der Waals surface area (Å²) in [4.78, 5) is 12.2. The van der Waals surface area contributed by atoms with Gasteiger partial charge >= 0.3 is 0 Å². The Balaban J connectivity index is 1.31. The van der Waals surface area contributed by atoms with E-state index >= 15 is 0 Å². The summed E-state index contributed by atoms with van der Waals surface area (Å²) >= 11 is 1.81. The van der Waals surface area contributed by atoms with Gasteiger partial charge in [-0.2, -0.15) is 0 Å². The Morgan fingerprint density at radius 3 is 1.72 bits per heavy atom. The van der Waals surface area contributed by atoms with Crippen molar-refractivity contribution < 1.29 is 0 Å². The van der Waals surface area contributed by atoms with Gasteiger partial charge in [-0.05, 0) is 75.0 Å². The Bertz CT molecular complexity index is 1970. The van der Waals surface area contributed by atoms with Gasteiger partial charge in [-0.15, -0.1) is 0 Å². The number of nitrogens with zero attached hydrogens (tertiary/aromatic N) is 2. The van der Waals surface area contributed by atoms with Crippen LogP contribution in [0.4, 0.5) is 0 Å². The molecule has 7 rings (SSSR count). The van der Waals surface area contributed by atoms with Gasteiger partial charge in [0.25, 0.3) is 0 Å². The van der Waals surface area contributed by atoms with Crippen molar-refractivity contribution in [2.45, 2.75) is 23.6 Å². The van der Waals surface area contributed by atoms with Gasteiger partial charge in [0.05, 0.1) is 0 Å². The molecular formula is C36H26N2S. The number of aromatic nitrogens is 2. The van der Waals surface area contributed by atoms with Crippen molar-refractivity contribution in [2.75, 3.05) is 0 Å². The minimum absolute atomic E-state index is 0.735. The smallest absolute Gasteiger partial charge is 0.159 e. The summed E-state index contributed by atoms with van der Waals surface area (Å²) in [5, 5.41) is 7.56. The maximum Gasteiger partial charge on any atom is 0.159 e. The lowest BCUT2D eigenvalue weighted by molar-refractivity contribution is 1.17. The fraction of sp³-hybridized carbons (Fsp3) is 0.0556. The molecule has 2 nitrogen and oxygen atoms in total. The quantitative estimate of drug-likeness (QED) is 0.217. The molecular weight excluding hydrogens is 492 g/mol. The second-order valence-corrected chi connectivity index (χ2v) is 11.0. The number of hydrogen-bond donors (Lipinski definition) is 0. The summed E-state index contributed by atoms with van der Waals surface area (Å²) < 4.78 is 0. The van der Waals surface area contributed by atoms with Crippen molar-refractivity contribution in [3.63, 3.8) is 0 Å². The minimum Gasteiger partial charge on any atom is -0.236 e. The van der Waals surface area contributed by atoms with Crippen molar-refractivity contribution >= 4 is 44.1 Å². The molecule has 0 aliphatic rings. The van der Waals surface area contributed by atoms with E-state index in [9.17, 15) is 0 Å². The molecule has 0 N–H and O–H groups in total. The second kappa shape index (κ2) is 9.68. The molecule has 0 aliphatic heterocycles. The van der Waals surface area contributed by atoms with Gasteiger partial charge in [-0.1, -0.05) is 109 Å². The third-order valence-corrected chi connectivity index (χ3v) is 8.91. The van der Waals surface area contributed by atoms with Crippen LogP contribution in [0.3, 0.4) is 0 Å². The van der Waals surface area contributed by atoms with Crippen molar-refractivity contribution in [3.8, 4) is 22.5 Å². The molecule has 0 aliphatic carbocycles. The van der Waals surface area contributed by atoms with E-state index in [0.29, 0.717) is 0 Å². The first kappa shape index (κ1) is 23.6. The fourth-order valence-electron chi connectivity index (χ4n) is 5.46. The molecule has 6 aromatic carbocycles. The fourth-order valence-corrected chi connectivity index (χ4v) is 6.58. The van der Waals surface area contributed by atoms with E-state index in [-0.39, 0.29) is 0 Å². The van der Waals surface area contributed by atoms with Crippen molar-refractivity contribution in [1.29, 1.82) is 0 Å². The lowest BCUT2D eigenvalue weighted by atomic mass is 9.93. The molecule has 0 fully saturated rings. The maximum absolute atomic E-state index is 4.85. The molecule has 1 aromatic heterocycles. The van der Waals surface area contributed by atoms with Crippen LogP contribution in [0, 0.1) is 13.8 Å². The van der Waals surface area contributed by atoms with Crippen LogP contribution in [0.5, 0.6) is 0 Å². The Labute approximate surface area is 232 Å². The van der Waals surface area contributed by atoms with Crippen LogP contribution in [0.25, 0.3) is 54.8 Å². The number of hydrogen-bond acceptors (Lipinski definition) is 3. The lowest BCUT2D eigenvalue weighted by Crippen LogP contribution is -1.93. The highest BCUT2D eigenvalue weighted by Crippen LogP contribution is 2.40. The molecule has 39 heavy (non-hydrogen) atoms. The van der Waals surface area contributed by atoms with Gasteiger partial charge in [0, 0.05) is 33.3 Å². The Hall–Kier alpha value is -4.47. The number of benzene rings is 6. The average Bonchev–Trinajstić information content (AvgIpc) is 2.99. The summed E-state index contributed by atoms with van der Waals surface area (Å²) in [5.74, 6) is 0.735. The van der Waals surface area contributed by atoms with Crippen LogP contribution in [0.2, 0.25) is 0 Å². The first-order chi connectivity index (χ1) is 19.2. The van der Waals surface area contributed by atoms with Crippen LogP contribution in [0.1, 0.15) is 11.1 Å². The zero-order chi connectivity index (χ0) is 26.3. The van der Waals surface area contributed by atoms with Gasteiger partial charge in [-0.25, -0.2) is 9.97 Å². The zero-order valence-electron chi connectivity index (χ0n) is 21.8. The predicted molar refractivity (Wildman–Crippen MR) is 165 cm³/mol. The van der Waals surface area contributed by atoms with E-state index < -0.39 is 0 Å². The van der Waals surface area contributed by atoms with Gasteiger partial charge in [-0.3, -0.25) is 0 Å². The summed E-state index contributed by atoms with van der Waals surface area (Å²) in [6, 6.07) is 38.9. The van der Waals surface area contributed by atoms with Gasteiger partial charge in [0.1, 0.15) is 0 Å². The number of fused-ring (bicyclic) bond motifs is 6. The molecule has 1 heterocycles. The maximum atomic E-state index is 4.85. The van der Waals surface area contributed by atoms with Crippen LogP contribution in [-0.2, 0) is 0 Å². The zero-order valence-corrected chi connectivity index (χ0v) is 22.7. The van der Waals surface area contributed by atoms with E-state index in [1.165, 1.54) is 53.2 Å². The van der Waals surface area contributed by atoms with E-state index in [1.54, 1.807) is 0 Å².